The summed E-state index contributed by atoms with van der Waals surface area (Å²) in [5.74, 6) is -0.164. The fourth-order valence-corrected chi connectivity index (χ4v) is 3.53. The van der Waals surface area contributed by atoms with Gasteiger partial charge in [-0.05, 0) is 62.6 Å². The molecule has 5 nitrogen and oxygen atoms in total. The number of hydrogen-bond acceptors (Lipinski definition) is 4. The van der Waals surface area contributed by atoms with E-state index in [4.69, 9.17) is 9.72 Å². The van der Waals surface area contributed by atoms with Gasteiger partial charge in [0.1, 0.15) is 0 Å². The Bertz CT molecular complexity index is 858. The average Bonchev–Trinajstić information content (AvgIpc) is 2.64. The van der Waals surface area contributed by atoms with Crippen LogP contribution in [0.2, 0.25) is 0 Å². The van der Waals surface area contributed by atoms with Gasteiger partial charge in [0, 0.05) is 17.6 Å². The maximum Gasteiger partial charge on any atom is 0.339 e. The summed E-state index contributed by atoms with van der Waals surface area (Å²) in [4.78, 5) is 29.6. The van der Waals surface area contributed by atoms with Crippen molar-refractivity contribution >= 4 is 22.8 Å². The Morgan fingerprint density at radius 1 is 1.22 bits per heavy atom. The second-order valence-electron chi connectivity index (χ2n) is 7.75. The van der Waals surface area contributed by atoms with E-state index < -0.39 is 5.97 Å². The van der Waals surface area contributed by atoms with Crippen LogP contribution in [0.15, 0.2) is 18.2 Å². The first-order valence-corrected chi connectivity index (χ1v) is 9.81. The van der Waals surface area contributed by atoms with Crippen molar-refractivity contribution in [1.29, 1.82) is 0 Å². The summed E-state index contributed by atoms with van der Waals surface area (Å²) in [6, 6.07) is 5.94. The third-order valence-corrected chi connectivity index (χ3v) is 5.00. The first kappa shape index (κ1) is 19.3. The second-order valence-corrected chi connectivity index (χ2v) is 7.75. The number of aromatic nitrogens is 1. The molecular weight excluding hydrogens is 340 g/mol. The number of carbonyl (C=O) groups is 2. The Morgan fingerprint density at radius 2 is 2.00 bits per heavy atom. The molecule has 1 aliphatic carbocycles. The van der Waals surface area contributed by atoms with E-state index in [0.717, 1.165) is 59.8 Å². The smallest absolute Gasteiger partial charge is 0.339 e. The average molecular weight is 368 g/mol. The van der Waals surface area contributed by atoms with Crippen LogP contribution in [0, 0.1) is 12.8 Å². The maximum absolute atomic E-state index is 12.9. The highest BCUT2D eigenvalue weighted by molar-refractivity contribution is 6.05. The molecule has 1 aromatic heterocycles. The van der Waals surface area contributed by atoms with Crippen LogP contribution in [0.5, 0.6) is 0 Å². The van der Waals surface area contributed by atoms with Gasteiger partial charge in [-0.15, -0.1) is 0 Å². The lowest BCUT2D eigenvalue weighted by Gasteiger charge is -2.20. The second kappa shape index (κ2) is 8.51. The first-order chi connectivity index (χ1) is 13.0. The molecule has 0 radical (unpaired) electrons. The molecular formula is C22H28N2O3. The number of amides is 1. The van der Waals surface area contributed by atoms with Crippen molar-refractivity contribution in [1.82, 2.24) is 10.3 Å². The van der Waals surface area contributed by atoms with E-state index in [1.54, 1.807) is 0 Å². The van der Waals surface area contributed by atoms with Gasteiger partial charge in [0.2, 0.25) is 0 Å². The van der Waals surface area contributed by atoms with E-state index in [-0.39, 0.29) is 12.5 Å². The van der Waals surface area contributed by atoms with Gasteiger partial charge in [-0.3, -0.25) is 9.78 Å². The van der Waals surface area contributed by atoms with E-state index in [0.29, 0.717) is 18.0 Å². The Balaban J connectivity index is 1.81. The molecule has 0 fully saturated rings. The van der Waals surface area contributed by atoms with Crippen molar-refractivity contribution in [3.63, 3.8) is 0 Å². The molecule has 0 spiro atoms. The lowest BCUT2D eigenvalue weighted by atomic mass is 9.89. The van der Waals surface area contributed by atoms with Gasteiger partial charge in [0.15, 0.2) is 6.61 Å². The first-order valence-electron chi connectivity index (χ1n) is 9.81. The lowest BCUT2D eigenvalue weighted by molar-refractivity contribution is -0.124. The number of pyridine rings is 1. The van der Waals surface area contributed by atoms with Crippen LogP contribution in [0.1, 0.15) is 60.3 Å². The molecule has 1 amide bonds. The summed E-state index contributed by atoms with van der Waals surface area (Å²) in [6.45, 7) is 6.55. The van der Waals surface area contributed by atoms with E-state index in [1.807, 2.05) is 25.1 Å². The molecule has 1 N–H and O–H groups in total. The number of nitrogens with zero attached hydrogens (tertiary/aromatic N) is 1. The summed E-state index contributed by atoms with van der Waals surface area (Å²) in [5, 5.41) is 3.62. The Morgan fingerprint density at radius 3 is 2.78 bits per heavy atom. The monoisotopic (exact) mass is 368 g/mol. The number of hydrogen-bond donors (Lipinski definition) is 1. The number of fused-ring (bicyclic) bond motifs is 2. The van der Waals surface area contributed by atoms with Crippen molar-refractivity contribution < 1.29 is 14.3 Å². The van der Waals surface area contributed by atoms with Gasteiger partial charge in [0.25, 0.3) is 5.91 Å². The molecule has 0 unspecified atom stereocenters. The SMILES string of the molecule is Cc1ccc2nc3c(c(C(=O)OCC(=O)NCCC(C)C)c2c1)CCCC3. The minimum absolute atomic E-state index is 0.249. The van der Waals surface area contributed by atoms with Crippen molar-refractivity contribution in [2.45, 2.75) is 52.9 Å². The van der Waals surface area contributed by atoms with E-state index >= 15 is 0 Å². The minimum Gasteiger partial charge on any atom is -0.452 e. The van der Waals surface area contributed by atoms with Gasteiger partial charge in [0.05, 0.1) is 11.1 Å². The summed E-state index contributed by atoms with van der Waals surface area (Å²) in [7, 11) is 0. The van der Waals surface area contributed by atoms with Crippen LogP contribution in [-0.2, 0) is 22.4 Å². The lowest BCUT2D eigenvalue weighted by Crippen LogP contribution is -2.30. The number of esters is 1. The van der Waals surface area contributed by atoms with E-state index in [2.05, 4.69) is 19.2 Å². The molecule has 0 aliphatic heterocycles. The highest BCUT2D eigenvalue weighted by Crippen LogP contribution is 2.30. The van der Waals surface area contributed by atoms with Crippen LogP contribution >= 0.6 is 0 Å². The topological polar surface area (TPSA) is 68.3 Å². The van der Waals surface area contributed by atoms with Crippen molar-refractivity contribution in [2.24, 2.45) is 5.92 Å². The zero-order valence-corrected chi connectivity index (χ0v) is 16.4. The van der Waals surface area contributed by atoms with Gasteiger partial charge >= 0.3 is 5.97 Å². The summed E-state index contributed by atoms with van der Waals surface area (Å²) < 4.78 is 5.38. The normalized spacial score (nSPS) is 13.5. The largest absolute Gasteiger partial charge is 0.452 e. The minimum atomic E-state index is -0.426. The molecule has 2 aromatic rings. The Hall–Kier alpha value is -2.43. The van der Waals surface area contributed by atoms with Crippen LogP contribution in [0.25, 0.3) is 10.9 Å². The third kappa shape index (κ3) is 4.65. The van der Waals surface area contributed by atoms with Crippen LogP contribution in [0.4, 0.5) is 0 Å². The Labute approximate surface area is 160 Å². The molecule has 0 saturated heterocycles. The quantitative estimate of drug-likeness (QED) is 0.789. The van der Waals surface area contributed by atoms with Crippen molar-refractivity contribution in [3.8, 4) is 0 Å². The fourth-order valence-electron chi connectivity index (χ4n) is 3.53. The van der Waals surface area contributed by atoms with Crippen molar-refractivity contribution in [2.75, 3.05) is 13.2 Å². The summed E-state index contributed by atoms with van der Waals surface area (Å²) in [6.07, 6.45) is 4.75. The predicted octanol–water partition coefficient (Wildman–Crippen LogP) is 3.74. The van der Waals surface area contributed by atoms with E-state index in [1.165, 1.54) is 0 Å². The third-order valence-electron chi connectivity index (χ3n) is 5.00. The molecule has 0 saturated carbocycles. The zero-order valence-electron chi connectivity index (χ0n) is 16.4. The number of ether oxygens (including phenoxy) is 1. The molecule has 27 heavy (non-hydrogen) atoms. The van der Waals surface area contributed by atoms with Gasteiger partial charge in [-0.2, -0.15) is 0 Å². The fraction of sp³-hybridized carbons (Fsp3) is 0.500. The Kier molecular flexibility index (Phi) is 6.09. The van der Waals surface area contributed by atoms with Crippen LogP contribution in [0.3, 0.4) is 0 Å². The molecule has 3 rings (SSSR count). The maximum atomic E-state index is 12.9. The molecule has 1 aliphatic rings. The number of carbonyl (C=O) groups excluding carboxylic acids is 2. The van der Waals surface area contributed by atoms with Crippen LogP contribution in [-0.4, -0.2) is 30.0 Å². The number of rotatable bonds is 6. The molecule has 1 aromatic carbocycles. The molecule has 5 heteroatoms. The van der Waals surface area contributed by atoms with E-state index in [9.17, 15) is 9.59 Å². The zero-order chi connectivity index (χ0) is 19.4. The van der Waals surface area contributed by atoms with Gasteiger partial charge < -0.3 is 10.1 Å². The predicted molar refractivity (Wildman–Crippen MR) is 106 cm³/mol. The highest BCUT2D eigenvalue weighted by atomic mass is 16.5. The molecule has 144 valence electrons. The molecule has 0 atom stereocenters. The standard InChI is InChI=1S/C22H28N2O3/c1-14(2)10-11-23-20(25)13-27-22(26)21-16-6-4-5-7-18(16)24-19-9-8-15(3)12-17(19)21/h8-9,12,14H,4-7,10-11,13H2,1-3H3,(H,23,25). The molecule has 1 heterocycles. The van der Waals surface area contributed by atoms with Gasteiger partial charge in [-0.1, -0.05) is 25.5 Å². The number of aryl methyl sites for hydroxylation is 2. The highest BCUT2D eigenvalue weighted by Gasteiger charge is 2.24. The number of nitrogens with one attached hydrogen (secondary N) is 1. The van der Waals surface area contributed by atoms with Gasteiger partial charge in [-0.25, -0.2) is 4.79 Å². The summed E-state index contributed by atoms with van der Waals surface area (Å²) >= 11 is 0. The number of benzene rings is 1. The molecule has 0 bridgehead atoms. The van der Waals surface area contributed by atoms with Crippen molar-refractivity contribution in [3.05, 3.63) is 40.6 Å². The van der Waals surface area contributed by atoms with Crippen LogP contribution < -0.4 is 5.32 Å². The summed E-state index contributed by atoms with van der Waals surface area (Å²) in [5.41, 5.74) is 4.46.